The van der Waals surface area contributed by atoms with Gasteiger partial charge in [0.25, 0.3) is 0 Å². The van der Waals surface area contributed by atoms with E-state index < -0.39 is 5.76 Å². The van der Waals surface area contributed by atoms with Crippen LogP contribution in [-0.4, -0.2) is 20.4 Å². The molecule has 26 heavy (non-hydrogen) atoms. The second kappa shape index (κ2) is 6.93. The number of benzene rings is 1. The fourth-order valence-electron chi connectivity index (χ4n) is 2.58. The third kappa shape index (κ3) is 3.27. The molecule has 130 valence electrons. The number of nitrogens with one attached hydrogen (secondary N) is 1. The van der Waals surface area contributed by atoms with Gasteiger partial charge in [-0.3, -0.25) is 14.3 Å². The lowest BCUT2D eigenvalue weighted by Crippen LogP contribution is -2.19. The van der Waals surface area contributed by atoms with E-state index in [-0.39, 0.29) is 18.9 Å². The van der Waals surface area contributed by atoms with Crippen LogP contribution >= 0.6 is 11.3 Å². The predicted octanol–water partition coefficient (Wildman–Crippen LogP) is 3.14. The molecular formula is C18H14N4O3S. The maximum Gasteiger partial charge on any atom is 0.419 e. The zero-order valence-electron chi connectivity index (χ0n) is 13.6. The van der Waals surface area contributed by atoms with Gasteiger partial charge in [0.15, 0.2) is 10.7 Å². The Morgan fingerprint density at radius 2 is 2.00 bits per heavy atom. The lowest BCUT2D eigenvalue weighted by molar-refractivity contribution is -0.116. The zero-order chi connectivity index (χ0) is 17.9. The van der Waals surface area contributed by atoms with Gasteiger partial charge in [-0.1, -0.05) is 18.2 Å². The lowest BCUT2D eigenvalue weighted by atomic mass is 10.3. The number of oxazole rings is 1. The third-order valence-corrected chi connectivity index (χ3v) is 4.57. The van der Waals surface area contributed by atoms with Crippen LogP contribution in [0.2, 0.25) is 0 Å². The first kappa shape index (κ1) is 16.2. The van der Waals surface area contributed by atoms with Crippen molar-refractivity contribution in [3.05, 3.63) is 64.6 Å². The maximum absolute atomic E-state index is 12.2. The summed E-state index contributed by atoms with van der Waals surface area (Å²) in [6.07, 6.45) is 1.84. The van der Waals surface area contributed by atoms with Gasteiger partial charge in [0.05, 0.1) is 11.2 Å². The first-order valence-electron chi connectivity index (χ1n) is 7.96. The number of thiazole rings is 1. The molecule has 0 aliphatic carbocycles. The van der Waals surface area contributed by atoms with E-state index in [0.717, 1.165) is 5.69 Å². The molecule has 0 saturated carbocycles. The molecular weight excluding hydrogens is 352 g/mol. The summed E-state index contributed by atoms with van der Waals surface area (Å²) in [5.74, 6) is -0.685. The summed E-state index contributed by atoms with van der Waals surface area (Å²) in [6.45, 7) is 0.236. The minimum absolute atomic E-state index is 0.141. The minimum atomic E-state index is -0.467. The van der Waals surface area contributed by atoms with E-state index in [9.17, 15) is 9.59 Å². The van der Waals surface area contributed by atoms with E-state index in [0.29, 0.717) is 21.9 Å². The van der Waals surface area contributed by atoms with E-state index in [1.165, 1.54) is 15.9 Å². The Bertz CT molecular complexity index is 1110. The highest BCUT2D eigenvalue weighted by molar-refractivity contribution is 7.14. The number of anilines is 1. The molecule has 7 nitrogen and oxygen atoms in total. The fraction of sp³-hybridized carbons (Fsp3) is 0.111. The highest BCUT2D eigenvalue weighted by atomic mass is 32.1. The molecule has 1 aromatic carbocycles. The van der Waals surface area contributed by atoms with Crippen molar-refractivity contribution < 1.29 is 9.21 Å². The average molecular weight is 366 g/mol. The van der Waals surface area contributed by atoms with Gasteiger partial charge in [0.2, 0.25) is 5.91 Å². The highest BCUT2D eigenvalue weighted by Crippen LogP contribution is 2.23. The number of aromatic nitrogens is 3. The molecule has 3 aromatic heterocycles. The van der Waals surface area contributed by atoms with E-state index in [1.54, 1.807) is 24.4 Å². The molecule has 8 heteroatoms. The molecule has 0 aliphatic heterocycles. The summed E-state index contributed by atoms with van der Waals surface area (Å²) in [5, 5.41) is 5.10. The summed E-state index contributed by atoms with van der Waals surface area (Å²) in [6, 6.07) is 12.7. The molecule has 1 amide bonds. The van der Waals surface area contributed by atoms with Crippen LogP contribution in [0.1, 0.15) is 6.42 Å². The van der Waals surface area contributed by atoms with Crippen LogP contribution in [0.25, 0.3) is 22.5 Å². The van der Waals surface area contributed by atoms with E-state index in [2.05, 4.69) is 15.3 Å². The number of hydrogen-bond acceptors (Lipinski definition) is 6. The van der Waals surface area contributed by atoms with Crippen molar-refractivity contribution in [2.24, 2.45) is 0 Å². The smallest absolute Gasteiger partial charge is 0.408 e. The van der Waals surface area contributed by atoms with Gasteiger partial charge in [0.1, 0.15) is 5.69 Å². The first-order valence-corrected chi connectivity index (χ1v) is 8.84. The number of aryl methyl sites for hydroxylation is 1. The number of carbonyl (C=O) groups excluding carboxylic acids is 1. The topological polar surface area (TPSA) is 90.0 Å². The molecule has 0 fully saturated rings. The predicted molar refractivity (Wildman–Crippen MR) is 99.1 cm³/mol. The molecule has 0 spiro atoms. The van der Waals surface area contributed by atoms with Crippen molar-refractivity contribution in [2.45, 2.75) is 13.0 Å². The second-order valence-electron chi connectivity index (χ2n) is 5.54. The SMILES string of the molecule is O=C(CCn1c(=O)oc2ccccc21)Nc1nc(-c2ccccn2)cs1. The van der Waals surface area contributed by atoms with Gasteiger partial charge in [-0.15, -0.1) is 11.3 Å². The van der Waals surface area contributed by atoms with Crippen molar-refractivity contribution in [2.75, 3.05) is 5.32 Å². The van der Waals surface area contributed by atoms with E-state index in [1.807, 2.05) is 29.6 Å². The lowest BCUT2D eigenvalue weighted by Gasteiger charge is -2.03. The standard InChI is InChI=1S/C18H14N4O3S/c23-16(8-10-22-14-6-1-2-7-15(14)25-18(22)24)21-17-20-13(11-26-17)12-5-3-4-9-19-12/h1-7,9,11H,8,10H2,(H,20,21,23). The largest absolute Gasteiger partial charge is 0.419 e. The van der Waals surface area contributed by atoms with Gasteiger partial charge in [-0.25, -0.2) is 9.78 Å². The minimum Gasteiger partial charge on any atom is -0.408 e. The Kier molecular flexibility index (Phi) is 4.32. The van der Waals surface area contributed by atoms with Gasteiger partial charge >= 0.3 is 5.76 Å². The molecule has 0 atom stereocenters. The summed E-state index contributed by atoms with van der Waals surface area (Å²) in [4.78, 5) is 32.7. The van der Waals surface area contributed by atoms with Crippen LogP contribution in [0.5, 0.6) is 0 Å². The van der Waals surface area contributed by atoms with Crippen LogP contribution in [-0.2, 0) is 11.3 Å². The van der Waals surface area contributed by atoms with E-state index >= 15 is 0 Å². The van der Waals surface area contributed by atoms with Crippen LogP contribution in [0, 0.1) is 0 Å². The number of hydrogen-bond donors (Lipinski definition) is 1. The number of pyridine rings is 1. The van der Waals surface area contributed by atoms with Crippen molar-refractivity contribution in [1.82, 2.24) is 14.5 Å². The maximum atomic E-state index is 12.2. The van der Waals surface area contributed by atoms with Gasteiger partial charge < -0.3 is 9.73 Å². The number of para-hydroxylation sites is 2. The molecule has 0 unspecified atom stereocenters. The summed E-state index contributed by atoms with van der Waals surface area (Å²) in [7, 11) is 0. The number of nitrogens with zero attached hydrogens (tertiary/aromatic N) is 3. The van der Waals surface area contributed by atoms with Crippen molar-refractivity contribution >= 4 is 33.5 Å². The fourth-order valence-corrected chi connectivity index (χ4v) is 3.30. The molecule has 1 N–H and O–H groups in total. The monoisotopic (exact) mass is 366 g/mol. The van der Waals surface area contributed by atoms with Crippen molar-refractivity contribution in [3.63, 3.8) is 0 Å². The van der Waals surface area contributed by atoms with Crippen LogP contribution in [0.15, 0.2) is 63.3 Å². The molecule has 0 aliphatic rings. The molecule has 0 radical (unpaired) electrons. The Morgan fingerprint density at radius 3 is 2.85 bits per heavy atom. The number of amides is 1. The summed E-state index contributed by atoms with van der Waals surface area (Å²) in [5.41, 5.74) is 2.65. The first-order chi connectivity index (χ1) is 12.7. The molecule has 0 bridgehead atoms. The summed E-state index contributed by atoms with van der Waals surface area (Å²) < 4.78 is 6.61. The molecule has 3 heterocycles. The van der Waals surface area contributed by atoms with Crippen LogP contribution < -0.4 is 11.1 Å². The highest BCUT2D eigenvalue weighted by Gasteiger charge is 2.12. The Balaban J connectivity index is 1.42. The van der Waals surface area contributed by atoms with Crippen molar-refractivity contribution in [3.8, 4) is 11.4 Å². The Hall–Kier alpha value is -3.26. The quantitative estimate of drug-likeness (QED) is 0.586. The summed E-state index contributed by atoms with van der Waals surface area (Å²) >= 11 is 1.33. The number of carbonyl (C=O) groups is 1. The Labute approximate surface area is 151 Å². The van der Waals surface area contributed by atoms with E-state index in [4.69, 9.17) is 4.42 Å². The van der Waals surface area contributed by atoms with Gasteiger partial charge in [-0.05, 0) is 24.3 Å². The van der Waals surface area contributed by atoms with Crippen molar-refractivity contribution in [1.29, 1.82) is 0 Å². The number of rotatable bonds is 5. The second-order valence-corrected chi connectivity index (χ2v) is 6.40. The molecule has 0 saturated heterocycles. The normalized spacial score (nSPS) is 10.9. The average Bonchev–Trinajstić information content (AvgIpc) is 3.24. The zero-order valence-corrected chi connectivity index (χ0v) is 14.4. The Morgan fingerprint density at radius 1 is 1.15 bits per heavy atom. The molecule has 4 rings (SSSR count). The number of fused-ring (bicyclic) bond motifs is 1. The van der Waals surface area contributed by atoms with Crippen LogP contribution in [0.4, 0.5) is 5.13 Å². The van der Waals surface area contributed by atoms with Gasteiger partial charge in [0, 0.05) is 24.5 Å². The molecule has 4 aromatic rings. The third-order valence-electron chi connectivity index (χ3n) is 3.81. The van der Waals surface area contributed by atoms with Crippen LogP contribution in [0.3, 0.4) is 0 Å². The van der Waals surface area contributed by atoms with Gasteiger partial charge in [-0.2, -0.15) is 0 Å².